The molecule has 1 atom stereocenters. The van der Waals surface area contributed by atoms with Gasteiger partial charge >= 0.3 is 0 Å². The summed E-state index contributed by atoms with van der Waals surface area (Å²) in [5, 5.41) is 0. The molecular formula is C22H28N2O3. The van der Waals surface area contributed by atoms with Gasteiger partial charge in [-0.1, -0.05) is 30.8 Å². The van der Waals surface area contributed by atoms with E-state index in [-0.39, 0.29) is 23.5 Å². The van der Waals surface area contributed by atoms with Crippen LogP contribution in [-0.2, 0) is 26.5 Å². The Bertz CT molecular complexity index is 737. The van der Waals surface area contributed by atoms with Crippen LogP contribution >= 0.6 is 0 Å². The summed E-state index contributed by atoms with van der Waals surface area (Å²) in [7, 11) is 0. The van der Waals surface area contributed by atoms with E-state index in [9.17, 15) is 9.59 Å². The van der Waals surface area contributed by atoms with Gasteiger partial charge in [0.25, 0.3) is 0 Å². The third-order valence-corrected chi connectivity index (χ3v) is 6.46. The molecule has 144 valence electrons. The zero-order valence-corrected chi connectivity index (χ0v) is 15.9. The molecule has 0 aromatic heterocycles. The minimum atomic E-state index is -0.202. The number of carbonyl (C=O) groups is 2. The predicted molar refractivity (Wildman–Crippen MR) is 103 cm³/mol. The third-order valence-electron chi connectivity index (χ3n) is 6.46. The largest absolute Gasteiger partial charge is 0.365 e. The molecule has 3 aliphatic rings. The summed E-state index contributed by atoms with van der Waals surface area (Å²) >= 11 is 0. The summed E-state index contributed by atoms with van der Waals surface area (Å²) in [5.41, 5.74) is 2.39. The van der Waals surface area contributed by atoms with Gasteiger partial charge in [-0.05, 0) is 49.3 Å². The van der Waals surface area contributed by atoms with Crippen molar-refractivity contribution in [3.05, 3.63) is 48.0 Å². The molecule has 4 rings (SSSR count). The molecule has 27 heavy (non-hydrogen) atoms. The molecule has 0 bridgehead atoms. The van der Waals surface area contributed by atoms with Gasteiger partial charge in [-0.15, -0.1) is 0 Å². The molecule has 1 aromatic carbocycles. The first kappa shape index (κ1) is 18.2. The highest BCUT2D eigenvalue weighted by Crippen LogP contribution is 2.44. The van der Waals surface area contributed by atoms with Crippen LogP contribution in [0.3, 0.4) is 0 Å². The van der Waals surface area contributed by atoms with Crippen molar-refractivity contribution in [3.8, 4) is 0 Å². The van der Waals surface area contributed by atoms with Crippen molar-refractivity contribution in [1.82, 2.24) is 9.80 Å². The van der Waals surface area contributed by atoms with Crippen molar-refractivity contribution >= 4 is 11.8 Å². The molecule has 3 aliphatic heterocycles. The number of carbonyl (C=O) groups excluding carboxylic acids is 2. The Hall–Kier alpha value is -2.14. The van der Waals surface area contributed by atoms with Crippen molar-refractivity contribution in [3.63, 3.8) is 0 Å². The molecule has 0 radical (unpaired) electrons. The SMILES string of the molecule is C=CC(=O)N1CCCC1CCC(=O)N1CCC2(CC1)OCc1ccccc12. The number of likely N-dealkylation sites (tertiary alicyclic amines) is 2. The van der Waals surface area contributed by atoms with E-state index >= 15 is 0 Å². The van der Waals surface area contributed by atoms with Gasteiger partial charge in [0.05, 0.1) is 12.2 Å². The second-order valence-corrected chi connectivity index (χ2v) is 7.89. The zero-order chi connectivity index (χ0) is 18.9. The van der Waals surface area contributed by atoms with E-state index in [0.717, 1.165) is 51.7 Å². The first-order valence-electron chi connectivity index (χ1n) is 10.1. The van der Waals surface area contributed by atoms with Crippen LogP contribution in [0.2, 0.25) is 0 Å². The van der Waals surface area contributed by atoms with Gasteiger partial charge < -0.3 is 14.5 Å². The minimum absolute atomic E-state index is 0.0121. The van der Waals surface area contributed by atoms with Gasteiger partial charge in [0, 0.05) is 32.1 Å². The smallest absolute Gasteiger partial charge is 0.246 e. The lowest BCUT2D eigenvalue weighted by Crippen LogP contribution is -2.45. The molecule has 1 aromatic rings. The molecule has 1 unspecified atom stereocenters. The maximum Gasteiger partial charge on any atom is 0.246 e. The Morgan fingerprint density at radius 1 is 1.22 bits per heavy atom. The van der Waals surface area contributed by atoms with Gasteiger partial charge in [-0.25, -0.2) is 0 Å². The highest BCUT2D eigenvalue weighted by Gasteiger charge is 2.43. The van der Waals surface area contributed by atoms with E-state index in [4.69, 9.17) is 4.74 Å². The molecule has 0 saturated carbocycles. The number of piperidine rings is 1. The summed E-state index contributed by atoms with van der Waals surface area (Å²) in [5.74, 6) is 0.191. The highest BCUT2D eigenvalue weighted by molar-refractivity contribution is 5.87. The summed E-state index contributed by atoms with van der Waals surface area (Å²) < 4.78 is 6.18. The molecule has 3 heterocycles. The second-order valence-electron chi connectivity index (χ2n) is 7.89. The monoisotopic (exact) mass is 368 g/mol. The first-order chi connectivity index (χ1) is 13.1. The predicted octanol–water partition coefficient (Wildman–Crippen LogP) is 2.99. The van der Waals surface area contributed by atoms with Crippen LogP contribution < -0.4 is 0 Å². The summed E-state index contributed by atoms with van der Waals surface area (Å²) in [6.45, 7) is 6.53. The Morgan fingerprint density at radius 3 is 2.78 bits per heavy atom. The number of amides is 2. The fraction of sp³-hybridized carbons (Fsp3) is 0.545. The van der Waals surface area contributed by atoms with Crippen LogP contribution in [0.25, 0.3) is 0 Å². The van der Waals surface area contributed by atoms with E-state index in [2.05, 4.69) is 30.8 Å². The third kappa shape index (κ3) is 3.41. The second kappa shape index (κ2) is 7.47. The quantitative estimate of drug-likeness (QED) is 0.768. The lowest BCUT2D eigenvalue weighted by Gasteiger charge is -2.39. The van der Waals surface area contributed by atoms with Crippen LogP contribution in [0.15, 0.2) is 36.9 Å². The number of rotatable bonds is 4. The number of benzene rings is 1. The van der Waals surface area contributed by atoms with Crippen molar-refractivity contribution < 1.29 is 14.3 Å². The fourth-order valence-corrected chi connectivity index (χ4v) is 4.91. The maximum atomic E-state index is 12.7. The molecule has 2 fully saturated rings. The van der Waals surface area contributed by atoms with Gasteiger partial charge in [0.1, 0.15) is 0 Å². The number of hydrogen-bond acceptors (Lipinski definition) is 3. The van der Waals surface area contributed by atoms with E-state index in [1.165, 1.54) is 17.2 Å². The van der Waals surface area contributed by atoms with Crippen LogP contribution in [-0.4, -0.2) is 47.3 Å². The first-order valence-corrected chi connectivity index (χ1v) is 10.1. The van der Waals surface area contributed by atoms with Gasteiger partial charge in [-0.2, -0.15) is 0 Å². The maximum absolute atomic E-state index is 12.7. The average molecular weight is 368 g/mol. The topological polar surface area (TPSA) is 49.9 Å². The lowest BCUT2D eigenvalue weighted by atomic mass is 9.83. The van der Waals surface area contributed by atoms with Crippen molar-refractivity contribution in [2.45, 2.75) is 56.8 Å². The summed E-state index contributed by atoms with van der Waals surface area (Å²) in [6.07, 6.45) is 6.36. The zero-order valence-electron chi connectivity index (χ0n) is 15.9. The highest BCUT2D eigenvalue weighted by atomic mass is 16.5. The van der Waals surface area contributed by atoms with Crippen LogP contribution in [0.5, 0.6) is 0 Å². The van der Waals surface area contributed by atoms with Gasteiger partial charge in [-0.3, -0.25) is 9.59 Å². The Morgan fingerprint density at radius 2 is 2.00 bits per heavy atom. The average Bonchev–Trinajstić information content (AvgIpc) is 3.32. The number of fused-ring (bicyclic) bond motifs is 2. The number of ether oxygens (including phenoxy) is 1. The minimum Gasteiger partial charge on any atom is -0.365 e. The van der Waals surface area contributed by atoms with Gasteiger partial charge in [0.15, 0.2) is 0 Å². The normalized spacial score (nSPS) is 23.5. The van der Waals surface area contributed by atoms with Crippen molar-refractivity contribution in [2.24, 2.45) is 0 Å². The van der Waals surface area contributed by atoms with E-state index in [1.54, 1.807) is 0 Å². The molecule has 2 amide bonds. The van der Waals surface area contributed by atoms with Crippen LogP contribution in [0.4, 0.5) is 0 Å². The van der Waals surface area contributed by atoms with E-state index in [0.29, 0.717) is 13.0 Å². The molecule has 0 aliphatic carbocycles. The fourth-order valence-electron chi connectivity index (χ4n) is 4.91. The number of hydrogen-bond donors (Lipinski definition) is 0. The summed E-state index contributed by atoms with van der Waals surface area (Å²) in [4.78, 5) is 28.5. The molecular weight excluding hydrogens is 340 g/mol. The van der Waals surface area contributed by atoms with E-state index < -0.39 is 0 Å². The van der Waals surface area contributed by atoms with Crippen LogP contribution in [0, 0.1) is 0 Å². The Labute approximate surface area is 161 Å². The standard InChI is InChI=1S/C22H28N2O3/c1-2-20(25)24-13-5-7-18(24)9-10-21(26)23-14-11-22(12-15-23)19-8-4-3-6-17(19)16-27-22/h2-4,6,8,18H,1,5,7,9-16H2. The van der Waals surface area contributed by atoms with Crippen LogP contribution in [0.1, 0.15) is 49.7 Å². The molecule has 2 saturated heterocycles. The molecule has 5 nitrogen and oxygen atoms in total. The Kier molecular flexibility index (Phi) is 5.04. The number of nitrogens with zero attached hydrogens (tertiary/aromatic N) is 2. The lowest BCUT2D eigenvalue weighted by molar-refractivity contribution is -0.139. The summed E-state index contributed by atoms with van der Waals surface area (Å²) in [6, 6.07) is 8.62. The van der Waals surface area contributed by atoms with E-state index in [1.807, 2.05) is 9.80 Å². The van der Waals surface area contributed by atoms with Gasteiger partial charge in [0.2, 0.25) is 11.8 Å². The van der Waals surface area contributed by atoms with Crippen molar-refractivity contribution in [2.75, 3.05) is 19.6 Å². The van der Waals surface area contributed by atoms with Crippen molar-refractivity contribution in [1.29, 1.82) is 0 Å². The molecule has 5 heteroatoms. The Balaban J connectivity index is 1.31. The molecule has 1 spiro atoms. The molecule has 0 N–H and O–H groups in total.